The topological polar surface area (TPSA) is 64.3 Å². The van der Waals surface area contributed by atoms with Gasteiger partial charge in [0.15, 0.2) is 0 Å². The molecule has 3 N–H and O–H groups in total. The molecule has 2 aromatic rings. The molecular formula is C16H20N2O2S. The number of hydrogen-bond donors (Lipinski definition) is 2. The maximum atomic E-state index is 12.5. The number of ether oxygens (including phenoxy) is 1. The van der Waals surface area contributed by atoms with E-state index in [9.17, 15) is 4.79 Å². The minimum absolute atomic E-state index is 0.0603. The van der Waals surface area contributed by atoms with Gasteiger partial charge in [0.05, 0.1) is 11.8 Å². The Morgan fingerprint density at radius 3 is 2.90 bits per heavy atom. The van der Waals surface area contributed by atoms with Crippen LogP contribution in [0.4, 0.5) is 5.69 Å². The Hall–Kier alpha value is -1.59. The quantitative estimate of drug-likeness (QED) is 0.916. The number of fused-ring (bicyclic) bond motifs is 1. The van der Waals surface area contributed by atoms with E-state index in [0.29, 0.717) is 10.6 Å². The van der Waals surface area contributed by atoms with Crippen LogP contribution in [-0.4, -0.2) is 25.2 Å². The number of amides is 1. The number of nitrogen functional groups attached to an aromatic ring is 1. The zero-order valence-corrected chi connectivity index (χ0v) is 13.1. The summed E-state index contributed by atoms with van der Waals surface area (Å²) in [4.78, 5) is 13.1. The van der Waals surface area contributed by atoms with Gasteiger partial charge in [0.1, 0.15) is 4.88 Å². The molecule has 112 valence electrons. The van der Waals surface area contributed by atoms with E-state index >= 15 is 0 Å². The first kappa shape index (κ1) is 14.4. The largest absolute Gasteiger partial charge is 0.397 e. The highest BCUT2D eigenvalue weighted by Crippen LogP contribution is 2.35. The molecule has 1 aliphatic rings. The highest BCUT2D eigenvalue weighted by Gasteiger charge is 2.27. The predicted molar refractivity (Wildman–Crippen MR) is 86.9 cm³/mol. The van der Waals surface area contributed by atoms with Crippen LogP contribution in [0.1, 0.15) is 34.5 Å². The van der Waals surface area contributed by atoms with E-state index in [4.69, 9.17) is 10.5 Å². The predicted octanol–water partition coefficient (Wildman–Crippen LogP) is 3.09. The molecule has 5 heteroatoms. The number of carbonyl (C=O) groups is 1. The molecule has 0 bridgehead atoms. The number of nitrogens with two attached hydrogens (primary N) is 1. The van der Waals surface area contributed by atoms with Crippen molar-refractivity contribution >= 4 is 33.0 Å². The molecule has 2 unspecified atom stereocenters. The van der Waals surface area contributed by atoms with Gasteiger partial charge in [-0.15, -0.1) is 11.3 Å². The highest BCUT2D eigenvalue weighted by molar-refractivity contribution is 7.21. The van der Waals surface area contributed by atoms with E-state index in [0.717, 1.165) is 34.9 Å². The smallest absolute Gasteiger partial charge is 0.263 e. The van der Waals surface area contributed by atoms with Crippen molar-refractivity contribution in [3.63, 3.8) is 0 Å². The van der Waals surface area contributed by atoms with Crippen molar-refractivity contribution in [2.45, 2.75) is 38.3 Å². The lowest BCUT2D eigenvalue weighted by molar-refractivity contribution is 0.0919. The van der Waals surface area contributed by atoms with E-state index in [-0.39, 0.29) is 18.1 Å². The van der Waals surface area contributed by atoms with Crippen molar-refractivity contribution in [3.8, 4) is 0 Å². The van der Waals surface area contributed by atoms with Gasteiger partial charge < -0.3 is 15.8 Å². The van der Waals surface area contributed by atoms with E-state index in [1.54, 1.807) is 7.11 Å². The van der Waals surface area contributed by atoms with Gasteiger partial charge in [0.2, 0.25) is 0 Å². The van der Waals surface area contributed by atoms with Crippen LogP contribution >= 0.6 is 11.3 Å². The van der Waals surface area contributed by atoms with Gasteiger partial charge in [-0.25, -0.2) is 0 Å². The number of nitrogens with one attached hydrogen (secondary N) is 1. The number of rotatable bonds is 3. The summed E-state index contributed by atoms with van der Waals surface area (Å²) in [6.07, 6.45) is 3.11. The molecule has 1 aliphatic carbocycles. The molecule has 1 amide bonds. The Morgan fingerprint density at radius 2 is 2.24 bits per heavy atom. The first-order valence-corrected chi connectivity index (χ1v) is 8.03. The molecule has 1 saturated carbocycles. The Bertz CT molecular complexity index is 680. The Balaban J connectivity index is 1.82. The summed E-state index contributed by atoms with van der Waals surface area (Å²) < 4.78 is 6.44. The summed E-state index contributed by atoms with van der Waals surface area (Å²) in [5, 5.41) is 4.07. The maximum Gasteiger partial charge on any atom is 0.263 e. The van der Waals surface area contributed by atoms with Crippen LogP contribution in [-0.2, 0) is 4.74 Å². The summed E-state index contributed by atoms with van der Waals surface area (Å²) in [5.41, 5.74) is 7.91. The average Bonchev–Trinajstić information content (AvgIpc) is 3.05. The number of anilines is 1. The second-order valence-corrected chi connectivity index (χ2v) is 6.66. The zero-order valence-electron chi connectivity index (χ0n) is 12.3. The van der Waals surface area contributed by atoms with E-state index in [2.05, 4.69) is 5.32 Å². The zero-order chi connectivity index (χ0) is 15.0. The number of thiophene rings is 1. The molecule has 1 aromatic heterocycles. The summed E-state index contributed by atoms with van der Waals surface area (Å²) in [6.45, 7) is 2.04. The summed E-state index contributed by atoms with van der Waals surface area (Å²) in [7, 11) is 1.72. The first-order chi connectivity index (χ1) is 10.1. The average molecular weight is 304 g/mol. The van der Waals surface area contributed by atoms with Crippen molar-refractivity contribution in [1.29, 1.82) is 0 Å². The third-order valence-electron chi connectivity index (χ3n) is 4.21. The van der Waals surface area contributed by atoms with Crippen LogP contribution in [0.3, 0.4) is 0 Å². The lowest BCUT2D eigenvalue weighted by Gasteiger charge is -2.12. The molecule has 4 nitrogen and oxygen atoms in total. The van der Waals surface area contributed by atoms with Crippen molar-refractivity contribution in [3.05, 3.63) is 28.6 Å². The number of hydrogen-bond acceptors (Lipinski definition) is 4. The molecule has 1 fully saturated rings. The molecule has 0 saturated heterocycles. The number of carbonyl (C=O) groups excluding carboxylic acids is 1. The second-order valence-electron chi connectivity index (χ2n) is 5.64. The van der Waals surface area contributed by atoms with Crippen LogP contribution in [0.2, 0.25) is 0 Å². The fraction of sp³-hybridized carbons (Fsp3) is 0.438. The Morgan fingerprint density at radius 1 is 1.43 bits per heavy atom. The lowest BCUT2D eigenvalue weighted by Crippen LogP contribution is -2.33. The van der Waals surface area contributed by atoms with E-state index in [1.807, 2.05) is 25.1 Å². The van der Waals surface area contributed by atoms with E-state index < -0.39 is 0 Å². The molecule has 3 rings (SSSR count). The van der Waals surface area contributed by atoms with E-state index in [1.165, 1.54) is 11.3 Å². The normalized spacial score (nSPS) is 21.8. The SMILES string of the molecule is COC1CCC(NC(=O)c2sc3c(C)cccc3c2N)C1. The van der Waals surface area contributed by atoms with Gasteiger partial charge in [-0.05, 0) is 31.7 Å². The monoisotopic (exact) mass is 304 g/mol. The Kier molecular flexibility index (Phi) is 3.87. The number of aryl methyl sites for hydroxylation is 1. The summed E-state index contributed by atoms with van der Waals surface area (Å²) in [5.74, 6) is -0.0603. The minimum atomic E-state index is -0.0603. The minimum Gasteiger partial charge on any atom is -0.397 e. The van der Waals surface area contributed by atoms with Crippen molar-refractivity contribution in [1.82, 2.24) is 5.32 Å². The fourth-order valence-electron chi connectivity index (χ4n) is 2.98. The van der Waals surface area contributed by atoms with Gasteiger partial charge >= 0.3 is 0 Å². The summed E-state index contributed by atoms with van der Waals surface area (Å²) in [6, 6.07) is 6.18. The lowest BCUT2D eigenvalue weighted by atomic mass is 10.1. The van der Waals surface area contributed by atoms with Crippen LogP contribution in [0.5, 0.6) is 0 Å². The van der Waals surface area contributed by atoms with Crippen LogP contribution < -0.4 is 11.1 Å². The molecule has 2 atom stereocenters. The van der Waals surface area contributed by atoms with Crippen molar-refractivity contribution in [2.24, 2.45) is 0 Å². The van der Waals surface area contributed by atoms with Crippen LogP contribution in [0, 0.1) is 6.92 Å². The second kappa shape index (κ2) is 5.66. The molecule has 0 spiro atoms. The van der Waals surface area contributed by atoms with Crippen LogP contribution in [0.15, 0.2) is 18.2 Å². The van der Waals surface area contributed by atoms with Gasteiger partial charge in [-0.2, -0.15) is 0 Å². The standard InChI is InChI=1S/C16H20N2O2S/c1-9-4-3-5-12-13(17)15(21-14(9)12)16(19)18-10-6-7-11(8-10)20-2/h3-5,10-11H,6-8,17H2,1-2H3,(H,18,19). The summed E-state index contributed by atoms with van der Waals surface area (Å²) >= 11 is 1.48. The molecule has 0 radical (unpaired) electrons. The fourth-order valence-corrected chi connectivity index (χ4v) is 4.08. The van der Waals surface area contributed by atoms with Crippen molar-refractivity contribution in [2.75, 3.05) is 12.8 Å². The van der Waals surface area contributed by atoms with Crippen LogP contribution in [0.25, 0.3) is 10.1 Å². The molecule has 1 heterocycles. The molecule has 1 aromatic carbocycles. The van der Waals surface area contributed by atoms with Crippen molar-refractivity contribution < 1.29 is 9.53 Å². The molecular weight excluding hydrogens is 284 g/mol. The number of methoxy groups -OCH3 is 1. The first-order valence-electron chi connectivity index (χ1n) is 7.21. The third-order valence-corrected chi connectivity index (χ3v) is 5.57. The van der Waals surface area contributed by atoms with Gasteiger partial charge in [-0.3, -0.25) is 4.79 Å². The van der Waals surface area contributed by atoms with Gasteiger partial charge in [-0.1, -0.05) is 18.2 Å². The van der Waals surface area contributed by atoms with Gasteiger partial charge in [0.25, 0.3) is 5.91 Å². The Labute approximate surface area is 128 Å². The highest BCUT2D eigenvalue weighted by atomic mass is 32.1. The maximum absolute atomic E-state index is 12.5. The molecule has 21 heavy (non-hydrogen) atoms. The molecule has 0 aliphatic heterocycles. The van der Waals surface area contributed by atoms with Gasteiger partial charge in [0, 0.05) is 23.2 Å². The number of benzene rings is 1. The third kappa shape index (κ3) is 2.63.